The maximum Gasteiger partial charge on any atom is 0.162 e. The van der Waals surface area contributed by atoms with Gasteiger partial charge in [-0.05, 0) is 30.7 Å². The summed E-state index contributed by atoms with van der Waals surface area (Å²) < 4.78 is 9.18. The number of nitriles is 1. The van der Waals surface area contributed by atoms with Crippen molar-refractivity contribution >= 4 is 12.2 Å². The van der Waals surface area contributed by atoms with Crippen LogP contribution < -0.4 is 4.74 Å². The summed E-state index contributed by atoms with van der Waals surface area (Å²) >= 11 is 0. The van der Waals surface area contributed by atoms with Gasteiger partial charge < -0.3 is 4.74 Å². The molecule has 1 aliphatic rings. The maximum absolute atomic E-state index is 9.55. The lowest BCUT2D eigenvalue weighted by atomic mass is 10.1. The number of hydrogen-bond acceptors (Lipinski definition) is 5. The molecule has 5 rings (SSSR count). The minimum atomic E-state index is 0.403. The molecule has 3 heterocycles. The van der Waals surface area contributed by atoms with Gasteiger partial charge in [-0.2, -0.15) is 5.26 Å². The van der Waals surface area contributed by atoms with Crippen LogP contribution in [-0.2, 0) is 6.42 Å². The number of methoxy groups -OCH3 is 1. The molecule has 7 heteroatoms. The Labute approximate surface area is 173 Å². The molecule has 0 saturated carbocycles. The van der Waals surface area contributed by atoms with E-state index >= 15 is 0 Å². The molecule has 0 unspecified atom stereocenters. The molecule has 0 fully saturated rings. The molecule has 0 aliphatic carbocycles. The minimum absolute atomic E-state index is 0.403. The van der Waals surface area contributed by atoms with E-state index < -0.39 is 0 Å². The van der Waals surface area contributed by atoms with Crippen molar-refractivity contribution in [2.24, 2.45) is 0 Å². The average Bonchev–Trinajstić information content (AvgIpc) is 3.34. The number of fused-ring (bicyclic) bond motifs is 5. The Hall–Kier alpha value is -4.18. The molecule has 2 aromatic heterocycles. The van der Waals surface area contributed by atoms with Crippen LogP contribution in [0.1, 0.15) is 33.9 Å². The first-order valence-electron chi connectivity index (χ1n) is 9.52. The Kier molecular flexibility index (Phi) is 4.18. The van der Waals surface area contributed by atoms with E-state index in [4.69, 9.17) is 4.74 Å². The summed E-state index contributed by atoms with van der Waals surface area (Å²) in [5, 5.41) is 18.4. The first kappa shape index (κ1) is 17.9. The fraction of sp³-hybridized carbons (Fsp3) is 0.130. The number of ether oxygens (including phenoxy) is 1. The third-order valence-corrected chi connectivity index (χ3v) is 5.28. The lowest BCUT2D eigenvalue weighted by Crippen LogP contribution is -2.04. The Morgan fingerprint density at radius 1 is 1.07 bits per heavy atom. The summed E-state index contributed by atoms with van der Waals surface area (Å²) in [5.74, 6) is 0.719. The first-order chi connectivity index (χ1) is 14.7. The molecule has 0 bridgehead atoms. The van der Waals surface area contributed by atoms with Crippen molar-refractivity contribution in [1.29, 1.82) is 5.26 Å². The summed E-state index contributed by atoms with van der Waals surface area (Å²) in [6, 6.07) is 16.2. The second-order valence-electron chi connectivity index (χ2n) is 7.13. The molecule has 30 heavy (non-hydrogen) atoms. The van der Waals surface area contributed by atoms with Gasteiger partial charge in [0.15, 0.2) is 5.69 Å². The Morgan fingerprint density at radius 2 is 1.90 bits per heavy atom. The van der Waals surface area contributed by atoms with E-state index in [9.17, 15) is 5.26 Å². The molecule has 0 spiro atoms. The number of hydrogen-bond donors (Lipinski definition) is 0. The number of imidazole rings is 1. The highest BCUT2D eigenvalue weighted by atomic mass is 16.5. The Morgan fingerprint density at radius 3 is 2.67 bits per heavy atom. The van der Waals surface area contributed by atoms with Gasteiger partial charge in [0.05, 0.1) is 29.9 Å². The zero-order chi connectivity index (χ0) is 20.7. The van der Waals surface area contributed by atoms with E-state index in [1.165, 1.54) is 5.56 Å². The van der Waals surface area contributed by atoms with E-state index in [2.05, 4.69) is 52.6 Å². The zero-order valence-electron chi connectivity index (χ0n) is 16.6. The average molecular weight is 394 g/mol. The van der Waals surface area contributed by atoms with E-state index in [1.54, 1.807) is 13.4 Å². The molecule has 1 aliphatic heterocycles. The third-order valence-electron chi connectivity index (χ3n) is 5.28. The molecule has 0 N–H and O–H groups in total. The van der Waals surface area contributed by atoms with Crippen molar-refractivity contribution in [1.82, 2.24) is 24.5 Å². The van der Waals surface area contributed by atoms with Gasteiger partial charge in [0, 0.05) is 12.5 Å². The molecular weight excluding hydrogens is 376 g/mol. The van der Waals surface area contributed by atoms with Crippen LogP contribution in [-0.4, -0.2) is 31.7 Å². The van der Waals surface area contributed by atoms with Crippen molar-refractivity contribution in [3.05, 3.63) is 82.7 Å². The summed E-state index contributed by atoms with van der Waals surface area (Å²) in [6.45, 7) is 2.06. The van der Waals surface area contributed by atoms with Gasteiger partial charge in [0.1, 0.15) is 23.8 Å². The first-order valence-corrected chi connectivity index (χ1v) is 9.52. The predicted octanol–water partition coefficient (Wildman–Crippen LogP) is 3.72. The van der Waals surface area contributed by atoms with Gasteiger partial charge in [-0.25, -0.2) is 9.67 Å². The molecule has 2 aromatic carbocycles. The standard InChI is InChI=1S/C23H18N6O/c1-15-3-5-16(6-4-15)7-9-18-22-12-21-19(13-24)25-14-28(21)20-10-8-17(30-2)11-23(20)29(22)27-26-18/h3-11,14H,12H2,1-2H3/b9-7+. The van der Waals surface area contributed by atoms with E-state index in [1.807, 2.05) is 39.6 Å². The number of aryl methyl sites for hydroxylation is 1. The second kappa shape index (κ2) is 7.01. The minimum Gasteiger partial charge on any atom is -0.497 e. The highest BCUT2D eigenvalue weighted by Gasteiger charge is 2.25. The van der Waals surface area contributed by atoms with Crippen LogP contribution in [0, 0.1) is 18.3 Å². The lowest BCUT2D eigenvalue weighted by molar-refractivity contribution is 0.414. The molecule has 0 amide bonds. The van der Waals surface area contributed by atoms with Crippen LogP contribution in [0.25, 0.3) is 23.5 Å². The smallest absolute Gasteiger partial charge is 0.162 e. The maximum atomic E-state index is 9.55. The number of benzene rings is 2. The predicted molar refractivity (Wildman–Crippen MR) is 113 cm³/mol. The fourth-order valence-corrected chi connectivity index (χ4v) is 3.66. The monoisotopic (exact) mass is 394 g/mol. The van der Waals surface area contributed by atoms with Crippen LogP contribution in [0.15, 0.2) is 48.8 Å². The van der Waals surface area contributed by atoms with Gasteiger partial charge in [-0.15, -0.1) is 5.10 Å². The van der Waals surface area contributed by atoms with Crippen LogP contribution in [0.2, 0.25) is 0 Å². The van der Waals surface area contributed by atoms with Crippen molar-refractivity contribution in [3.63, 3.8) is 0 Å². The van der Waals surface area contributed by atoms with E-state index in [-0.39, 0.29) is 0 Å². The van der Waals surface area contributed by atoms with Crippen LogP contribution in [0.4, 0.5) is 0 Å². The molecular formula is C23H18N6O. The van der Waals surface area contributed by atoms with Crippen LogP contribution >= 0.6 is 0 Å². The third kappa shape index (κ3) is 2.86. The number of aromatic nitrogens is 5. The normalized spacial score (nSPS) is 12.0. The van der Waals surface area contributed by atoms with Gasteiger partial charge in [0.25, 0.3) is 0 Å². The van der Waals surface area contributed by atoms with E-state index in [0.29, 0.717) is 12.1 Å². The molecule has 146 valence electrons. The highest BCUT2D eigenvalue weighted by molar-refractivity contribution is 5.70. The lowest BCUT2D eigenvalue weighted by Gasteiger charge is -2.11. The van der Waals surface area contributed by atoms with Crippen molar-refractivity contribution in [2.45, 2.75) is 13.3 Å². The van der Waals surface area contributed by atoms with Crippen LogP contribution in [0.3, 0.4) is 0 Å². The molecule has 4 aromatic rings. The van der Waals surface area contributed by atoms with Crippen LogP contribution in [0.5, 0.6) is 5.75 Å². The topological polar surface area (TPSA) is 81.6 Å². The SMILES string of the molecule is COc1ccc2c(c1)-n1nnc(/C=C/c3ccc(C)cc3)c1Cc1c(C#N)ncn1-2. The summed E-state index contributed by atoms with van der Waals surface area (Å²) in [7, 11) is 1.63. The zero-order valence-corrected chi connectivity index (χ0v) is 16.6. The molecule has 0 atom stereocenters. The van der Waals surface area contributed by atoms with Crippen molar-refractivity contribution in [3.8, 4) is 23.2 Å². The molecule has 0 radical (unpaired) electrons. The largest absolute Gasteiger partial charge is 0.497 e. The quantitative estimate of drug-likeness (QED) is 0.466. The van der Waals surface area contributed by atoms with Gasteiger partial charge in [-0.3, -0.25) is 4.57 Å². The van der Waals surface area contributed by atoms with Gasteiger partial charge >= 0.3 is 0 Å². The van der Waals surface area contributed by atoms with Gasteiger partial charge in [0.2, 0.25) is 0 Å². The van der Waals surface area contributed by atoms with Gasteiger partial charge in [-0.1, -0.05) is 41.1 Å². The summed E-state index contributed by atoms with van der Waals surface area (Å²) in [4.78, 5) is 4.29. The van der Waals surface area contributed by atoms with Crippen molar-refractivity contribution in [2.75, 3.05) is 7.11 Å². The van der Waals surface area contributed by atoms with Crippen molar-refractivity contribution < 1.29 is 4.74 Å². The summed E-state index contributed by atoms with van der Waals surface area (Å²) in [6.07, 6.45) is 6.15. The molecule has 0 saturated heterocycles. The fourth-order valence-electron chi connectivity index (χ4n) is 3.66. The van der Waals surface area contributed by atoms with E-state index in [0.717, 1.165) is 39.8 Å². The highest BCUT2D eigenvalue weighted by Crippen LogP contribution is 2.32. The second-order valence-corrected chi connectivity index (χ2v) is 7.13. The Balaban J connectivity index is 1.68. The summed E-state index contributed by atoms with van der Waals surface area (Å²) in [5.41, 5.74) is 6.86. The number of nitrogens with zero attached hydrogens (tertiary/aromatic N) is 6. The molecule has 7 nitrogen and oxygen atoms in total. The Bertz CT molecular complexity index is 1320. The number of rotatable bonds is 3.